The Morgan fingerprint density at radius 3 is 2.41 bits per heavy atom. The van der Waals surface area contributed by atoms with Crippen LogP contribution < -0.4 is 0 Å². The Morgan fingerprint density at radius 2 is 1.76 bits per heavy atom. The first-order chi connectivity index (χ1) is 13.9. The maximum atomic E-state index is 12.8. The summed E-state index contributed by atoms with van der Waals surface area (Å²) in [4.78, 5) is 2.34. The van der Waals surface area contributed by atoms with Crippen LogP contribution in [0.5, 0.6) is 5.75 Å². The normalized spacial score (nSPS) is 24.7. The molecule has 1 aromatic carbocycles. The molecule has 0 spiro atoms. The lowest BCUT2D eigenvalue weighted by molar-refractivity contribution is -0.183. The minimum Gasteiger partial charge on any atom is -0.508 e. The zero-order valence-corrected chi connectivity index (χ0v) is 16.4. The lowest BCUT2D eigenvalue weighted by atomic mass is 9.86. The molecule has 0 radical (unpaired) electrons. The number of piperidine rings is 1. The molecule has 1 N–H and O–H groups in total. The molecule has 0 atom stereocenters. The van der Waals surface area contributed by atoms with Crippen LogP contribution in [0, 0.1) is 5.92 Å². The van der Waals surface area contributed by atoms with Crippen molar-refractivity contribution in [1.82, 2.24) is 19.9 Å². The van der Waals surface area contributed by atoms with Crippen LogP contribution in [-0.2, 0) is 6.54 Å². The van der Waals surface area contributed by atoms with Gasteiger partial charge in [-0.15, -0.1) is 5.10 Å². The average Bonchev–Trinajstić information content (AvgIpc) is 3.16. The summed E-state index contributed by atoms with van der Waals surface area (Å²) in [5, 5.41) is 18.1. The van der Waals surface area contributed by atoms with Crippen LogP contribution in [0.3, 0.4) is 0 Å². The van der Waals surface area contributed by atoms with E-state index < -0.39 is 12.1 Å². The molecule has 1 saturated carbocycles. The SMILES string of the molecule is Oc1cccc(C2CCN(Cc3cn([C@H]4CC[C@@H](C(F)(F)F)CC4)nn3)CC2)c1. The Hall–Kier alpha value is -2.09. The number of hydrogen-bond acceptors (Lipinski definition) is 4. The van der Waals surface area contributed by atoms with E-state index in [4.69, 9.17) is 0 Å². The number of rotatable bonds is 4. The summed E-state index contributed by atoms with van der Waals surface area (Å²) in [5.74, 6) is -0.404. The van der Waals surface area contributed by atoms with E-state index in [2.05, 4.69) is 21.3 Å². The zero-order valence-electron chi connectivity index (χ0n) is 16.4. The van der Waals surface area contributed by atoms with Crippen molar-refractivity contribution >= 4 is 0 Å². The van der Waals surface area contributed by atoms with Gasteiger partial charge in [0.25, 0.3) is 0 Å². The van der Waals surface area contributed by atoms with Crippen molar-refractivity contribution in [1.29, 1.82) is 0 Å². The van der Waals surface area contributed by atoms with E-state index in [1.807, 2.05) is 18.3 Å². The molecule has 158 valence electrons. The highest BCUT2D eigenvalue weighted by atomic mass is 19.4. The molecule has 1 aliphatic heterocycles. The molecular formula is C21H27F3N4O. The lowest BCUT2D eigenvalue weighted by Crippen LogP contribution is -2.32. The minimum atomic E-state index is -4.08. The molecule has 1 aliphatic carbocycles. The average molecular weight is 408 g/mol. The number of aromatic nitrogens is 3. The quantitative estimate of drug-likeness (QED) is 0.800. The molecule has 8 heteroatoms. The molecule has 4 rings (SSSR count). The van der Waals surface area contributed by atoms with E-state index >= 15 is 0 Å². The minimum absolute atomic E-state index is 0.0198. The fourth-order valence-corrected chi connectivity index (χ4v) is 4.66. The zero-order chi connectivity index (χ0) is 20.4. The number of likely N-dealkylation sites (tertiary alicyclic amines) is 1. The second kappa shape index (κ2) is 8.34. The van der Waals surface area contributed by atoms with Crippen LogP contribution >= 0.6 is 0 Å². The first kappa shape index (κ1) is 20.2. The van der Waals surface area contributed by atoms with Gasteiger partial charge in [0.2, 0.25) is 0 Å². The van der Waals surface area contributed by atoms with Gasteiger partial charge in [0.15, 0.2) is 0 Å². The molecule has 0 amide bonds. The topological polar surface area (TPSA) is 54.2 Å². The van der Waals surface area contributed by atoms with Gasteiger partial charge in [-0.05, 0) is 75.2 Å². The number of halogens is 3. The summed E-state index contributed by atoms with van der Waals surface area (Å²) >= 11 is 0. The molecule has 2 aromatic rings. The second-order valence-electron chi connectivity index (χ2n) is 8.38. The summed E-state index contributed by atoms with van der Waals surface area (Å²) < 4.78 is 40.3. The van der Waals surface area contributed by atoms with Gasteiger partial charge < -0.3 is 5.11 Å². The largest absolute Gasteiger partial charge is 0.508 e. The Labute approximate surface area is 168 Å². The van der Waals surface area contributed by atoms with E-state index in [1.54, 1.807) is 10.7 Å². The third kappa shape index (κ3) is 4.91. The molecule has 0 bridgehead atoms. The summed E-state index contributed by atoms with van der Waals surface area (Å²) in [6.07, 6.45) is 1.23. The monoisotopic (exact) mass is 408 g/mol. The lowest BCUT2D eigenvalue weighted by Gasteiger charge is -2.31. The molecule has 5 nitrogen and oxygen atoms in total. The van der Waals surface area contributed by atoms with Crippen LogP contribution in [0.2, 0.25) is 0 Å². The Balaban J connectivity index is 1.27. The van der Waals surface area contributed by atoms with Crippen molar-refractivity contribution in [2.45, 2.75) is 63.2 Å². The fraction of sp³-hybridized carbons (Fsp3) is 0.619. The molecule has 2 heterocycles. The summed E-state index contributed by atoms with van der Waals surface area (Å²) in [5.41, 5.74) is 2.06. The Morgan fingerprint density at radius 1 is 1.03 bits per heavy atom. The summed E-state index contributed by atoms with van der Waals surface area (Å²) in [6, 6.07) is 7.51. The van der Waals surface area contributed by atoms with E-state index in [0.29, 0.717) is 31.1 Å². The van der Waals surface area contributed by atoms with Gasteiger partial charge in [0, 0.05) is 6.54 Å². The predicted molar refractivity (Wildman–Crippen MR) is 102 cm³/mol. The number of nitrogens with zero attached hydrogens (tertiary/aromatic N) is 4. The maximum absolute atomic E-state index is 12.8. The van der Waals surface area contributed by atoms with Gasteiger partial charge in [0.1, 0.15) is 5.75 Å². The number of aromatic hydroxyl groups is 1. The third-order valence-corrected chi connectivity index (χ3v) is 6.41. The third-order valence-electron chi connectivity index (χ3n) is 6.41. The highest BCUT2D eigenvalue weighted by Gasteiger charge is 2.41. The van der Waals surface area contributed by atoms with Crippen LogP contribution in [-0.4, -0.2) is 44.3 Å². The van der Waals surface area contributed by atoms with Crippen LogP contribution in [0.15, 0.2) is 30.5 Å². The van der Waals surface area contributed by atoms with Crippen molar-refractivity contribution in [2.24, 2.45) is 5.92 Å². The van der Waals surface area contributed by atoms with Gasteiger partial charge in [-0.1, -0.05) is 17.3 Å². The Bertz CT molecular complexity index is 806. The first-order valence-corrected chi connectivity index (χ1v) is 10.4. The van der Waals surface area contributed by atoms with Crippen LogP contribution in [0.1, 0.15) is 61.7 Å². The molecule has 2 fully saturated rings. The number of hydrogen-bond donors (Lipinski definition) is 1. The highest BCUT2D eigenvalue weighted by Crippen LogP contribution is 2.40. The summed E-state index contributed by atoms with van der Waals surface area (Å²) in [7, 11) is 0. The molecule has 29 heavy (non-hydrogen) atoms. The van der Waals surface area contributed by atoms with Gasteiger partial charge in [-0.25, -0.2) is 4.68 Å². The Kier molecular flexibility index (Phi) is 5.81. The standard InChI is InChI=1S/C21H27F3N4O/c22-21(23,24)17-4-6-19(7-5-17)28-14-18(25-26-28)13-27-10-8-15(9-11-27)16-2-1-3-20(29)12-16/h1-3,12,14-15,17,19,29H,4-11,13H2/t17-,19+. The summed E-state index contributed by atoms with van der Waals surface area (Å²) in [6.45, 7) is 2.61. The first-order valence-electron chi connectivity index (χ1n) is 10.4. The van der Waals surface area contributed by atoms with Crippen molar-refractivity contribution < 1.29 is 18.3 Å². The van der Waals surface area contributed by atoms with Crippen molar-refractivity contribution in [2.75, 3.05) is 13.1 Å². The molecule has 1 saturated heterocycles. The van der Waals surface area contributed by atoms with Gasteiger partial charge in [0.05, 0.1) is 23.9 Å². The van der Waals surface area contributed by atoms with E-state index in [-0.39, 0.29) is 18.9 Å². The fourth-order valence-electron chi connectivity index (χ4n) is 4.66. The number of alkyl halides is 3. The maximum Gasteiger partial charge on any atom is 0.391 e. The number of phenolic OH excluding ortho intramolecular Hbond substituents is 1. The number of phenols is 1. The predicted octanol–water partition coefficient (Wildman–Crippen LogP) is 4.66. The van der Waals surface area contributed by atoms with Crippen molar-refractivity contribution in [3.8, 4) is 5.75 Å². The van der Waals surface area contributed by atoms with Gasteiger partial charge in [-0.3, -0.25) is 4.90 Å². The number of benzene rings is 1. The van der Waals surface area contributed by atoms with Gasteiger partial charge >= 0.3 is 6.18 Å². The van der Waals surface area contributed by atoms with E-state index in [0.717, 1.165) is 31.6 Å². The molecule has 0 unspecified atom stereocenters. The van der Waals surface area contributed by atoms with Crippen molar-refractivity contribution in [3.05, 3.63) is 41.7 Å². The van der Waals surface area contributed by atoms with Crippen LogP contribution in [0.4, 0.5) is 13.2 Å². The van der Waals surface area contributed by atoms with E-state index in [1.165, 1.54) is 5.56 Å². The van der Waals surface area contributed by atoms with Crippen LogP contribution in [0.25, 0.3) is 0 Å². The second-order valence-corrected chi connectivity index (χ2v) is 8.38. The van der Waals surface area contributed by atoms with Gasteiger partial charge in [-0.2, -0.15) is 13.2 Å². The molecule has 1 aromatic heterocycles. The van der Waals surface area contributed by atoms with E-state index in [9.17, 15) is 18.3 Å². The molecular weight excluding hydrogens is 381 g/mol. The highest BCUT2D eigenvalue weighted by molar-refractivity contribution is 5.30. The molecule has 2 aliphatic rings. The smallest absolute Gasteiger partial charge is 0.391 e. The van der Waals surface area contributed by atoms with Crippen molar-refractivity contribution in [3.63, 3.8) is 0 Å².